The molecule has 1 aliphatic rings. The molecule has 0 saturated carbocycles. The van der Waals surface area contributed by atoms with E-state index < -0.39 is 6.04 Å². The first kappa shape index (κ1) is 27.7. The number of hydrogen-bond acceptors (Lipinski definition) is 3. The van der Waals surface area contributed by atoms with Crippen molar-refractivity contribution in [3.05, 3.63) is 29.8 Å². The van der Waals surface area contributed by atoms with E-state index in [4.69, 9.17) is 0 Å². The van der Waals surface area contributed by atoms with Crippen LogP contribution in [0.25, 0.3) is 0 Å². The van der Waals surface area contributed by atoms with Crippen LogP contribution in [0.3, 0.4) is 0 Å². The van der Waals surface area contributed by atoms with Gasteiger partial charge in [-0.3, -0.25) is 9.59 Å². The third kappa shape index (κ3) is 8.33. The summed E-state index contributed by atoms with van der Waals surface area (Å²) in [6.45, 7) is 10.4. The van der Waals surface area contributed by atoms with E-state index in [2.05, 4.69) is 17.6 Å². The molecule has 2 rings (SSSR count). The molecule has 0 aromatic heterocycles. The van der Waals surface area contributed by atoms with E-state index in [0.29, 0.717) is 32.6 Å². The lowest BCUT2D eigenvalue weighted by atomic mass is 9.97. The van der Waals surface area contributed by atoms with Crippen molar-refractivity contribution < 1.29 is 14.4 Å². The molecular formula is C27H44N4O3. The Morgan fingerprint density at radius 1 is 0.912 bits per heavy atom. The number of aryl methyl sites for hydroxylation is 1. The number of unbranched alkanes of at least 4 members (excludes halogenated alkanes) is 4. The van der Waals surface area contributed by atoms with Crippen LogP contribution >= 0.6 is 0 Å². The van der Waals surface area contributed by atoms with Gasteiger partial charge in [0.2, 0.25) is 11.8 Å². The summed E-state index contributed by atoms with van der Waals surface area (Å²) in [7, 11) is 0. The number of carbonyl (C=O) groups excluding carboxylic acids is 3. The number of anilines is 1. The van der Waals surface area contributed by atoms with E-state index in [1.54, 1.807) is 4.90 Å². The predicted octanol–water partition coefficient (Wildman–Crippen LogP) is 4.82. The Labute approximate surface area is 205 Å². The van der Waals surface area contributed by atoms with Gasteiger partial charge in [0.25, 0.3) is 0 Å². The molecule has 0 radical (unpaired) electrons. The summed E-state index contributed by atoms with van der Waals surface area (Å²) in [5.74, 6) is 0.122. The van der Waals surface area contributed by atoms with E-state index in [-0.39, 0.29) is 23.8 Å². The number of rotatable bonds is 12. The van der Waals surface area contributed by atoms with Crippen molar-refractivity contribution in [2.24, 2.45) is 5.92 Å². The molecule has 190 valence electrons. The quantitative estimate of drug-likeness (QED) is 0.428. The zero-order chi connectivity index (χ0) is 24.9. The van der Waals surface area contributed by atoms with E-state index >= 15 is 0 Å². The molecule has 7 heteroatoms. The largest absolute Gasteiger partial charge is 0.339 e. The van der Waals surface area contributed by atoms with Gasteiger partial charge < -0.3 is 20.4 Å². The number of hydrogen-bond donors (Lipinski definition) is 2. The second kappa shape index (κ2) is 14.6. The van der Waals surface area contributed by atoms with Gasteiger partial charge in [0.05, 0.1) is 0 Å². The first-order valence-electron chi connectivity index (χ1n) is 13.1. The Balaban J connectivity index is 1.89. The fourth-order valence-electron chi connectivity index (χ4n) is 4.34. The van der Waals surface area contributed by atoms with Gasteiger partial charge in [-0.25, -0.2) is 4.79 Å². The van der Waals surface area contributed by atoms with Crippen LogP contribution in [-0.4, -0.2) is 59.9 Å². The molecule has 1 aliphatic heterocycles. The van der Waals surface area contributed by atoms with Gasteiger partial charge >= 0.3 is 6.03 Å². The Kier molecular flexibility index (Phi) is 11.9. The van der Waals surface area contributed by atoms with Crippen molar-refractivity contribution in [2.75, 3.05) is 31.5 Å². The average molecular weight is 473 g/mol. The smallest absolute Gasteiger partial charge is 0.319 e. The molecule has 0 aliphatic carbocycles. The van der Waals surface area contributed by atoms with Crippen LogP contribution in [0, 0.1) is 5.92 Å². The number of nitrogens with one attached hydrogen (secondary N) is 2. The van der Waals surface area contributed by atoms with Crippen LogP contribution in [0.2, 0.25) is 0 Å². The molecule has 2 atom stereocenters. The average Bonchev–Trinajstić information content (AvgIpc) is 2.86. The molecule has 0 spiro atoms. The fourth-order valence-corrected chi connectivity index (χ4v) is 4.34. The Bertz CT molecular complexity index is 790. The summed E-state index contributed by atoms with van der Waals surface area (Å²) in [5.41, 5.74) is 1.81. The van der Waals surface area contributed by atoms with Gasteiger partial charge in [0.15, 0.2) is 0 Å². The predicted molar refractivity (Wildman–Crippen MR) is 138 cm³/mol. The minimum absolute atomic E-state index is 0.00227. The number of piperazine rings is 1. The first-order chi connectivity index (χ1) is 16.4. The minimum Gasteiger partial charge on any atom is -0.339 e. The monoisotopic (exact) mass is 472 g/mol. The van der Waals surface area contributed by atoms with Crippen LogP contribution in [0.1, 0.15) is 78.2 Å². The van der Waals surface area contributed by atoms with E-state index in [1.165, 1.54) is 19.3 Å². The molecule has 1 fully saturated rings. The zero-order valence-corrected chi connectivity index (χ0v) is 21.6. The van der Waals surface area contributed by atoms with Crippen molar-refractivity contribution in [2.45, 2.75) is 85.1 Å². The highest BCUT2D eigenvalue weighted by Crippen LogP contribution is 2.17. The molecule has 7 nitrogen and oxygen atoms in total. The lowest BCUT2D eigenvalue weighted by Gasteiger charge is -2.37. The second-order valence-electron chi connectivity index (χ2n) is 9.34. The van der Waals surface area contributed by atoms with Gasteiger partial charge in [0.1, 0.15) is 6.04 Å². The molecule has 2 N–H and O–H groups in total. The summed E-state index contributed by atoms with van der Waals surface area (Å²) >= 11 is 0. The van der Waals surface area contributed by atoms with Gasteiger partial charge in [-0.15, -0.1) is 0 Å². The highest BCUT2D eigenvalue weighted by molar-refractivity contribution is 5.94. The number of urea groups is 1. The lowest BCUT2D eigenvalue weighted by molar-refractivity contribution is -0.141. The molecule has 0 bridgehead atoms. The van der Waals surface area contributed by atoms with Crippen LogP contribution in [-0.2, 0) is 16.0 Å². The standard InChI is InChI=1S/C27H44N4O3/c1-5-8-9-10-11-16-24(32)30-17-19-31(20-18-30)26(33)25(21(4)6-2)29-27(34)28-23-15-13-12-14-22(23)7-3/h12-15,21,25H,5-11,16-20H2,1-4H3,(H2,28,29,34). The van der Waals surface area contributed by atoms with Gasteiger partial charge in [0, 0.05) is 38.3 Å². The van der Waals surface area contributed by atoms with E-state index in [0.717, 1.165) is 36.9 Å². The summed E-state index contributed by atoms with van der Waals surface area (Å²) < 4.78 is 0. The van der Waals surface area contributed by atoms with Gasteiger partial charge in [-0.2, -0.15) is 0 Å². The van der Waals surface area contributed by atoms with Crippen LogP contribution < -0.4 is 10.6 Å². The summed E-state index contributed by atoms with van der Waals surface area (Å²) in [6, 6.07) is 6.73. The van der Waals surface area contributed by atoms with Crippen LogP contribution in [0.15, 0.2) is 24.3 Å². The highest BCUT2D eigenvalue weighted by atomic mass is 16.2. The summed E-state index contributed by atoms with van der Waals surface area (Å²) in [5, 5.41) is 5.83. The molecule has 4 amide bonds. The summed E-state index contributed by atoms with van der Waals surface area (Å²) in [6.07, 6.45) is 7.83. The molecule has 2 unspecified atom stereocenters. The number of nitrogens with zero attached hydrogens (tertiary/aromatic N) is 2. The van der Waals surface area contributed by atoms with E-state index in [9.17, 15) is 14.4 Å². The molecular weight excluding hydrogens is 428 g/mol. The first-order valence-corrected chi connectivity index (χ1v) is 13.1. The van der Waals surface area contributed by atoms with Crippen molar-refractivity contribution in [3.8, 4) is 0 Å². The van der Waals surface area contributed by atoms with Crippen molar-refractivity contribution in [1.29, 1.82) is 0 Å². The maximum absolute atomic E-state index is 13.3. The molecule has 1 aromatic rings. The molecule has 1 heterocycles. The summed E-state index contributed by atoms with van der Waals surface area (Å²) in [4.78, 5) is 42.3. The second-order valence-corrected chi connectivity index (χ2v) is 9.34. The molecule has 34 heavy (non-hydrogen) atoms. The Morgan fingerprint density at radius 2 is 1.56 bits per heavy atom. The highest BCUT2D eigenvalue weighted by Gasteiger charge is 2.32. The maximum Gasteiger partial charge on any atom is 0.319 e. The zero-order valence-electron chi connectivity index (χ0n) is 21.6. The SMILES string of the molecule is CCCCCCCC(=O)N1CCN(C(=O)C(NC(=O)Nc2ccccc2CC)C(C)CC)CC1. The Morgan fingerprint density at radius 3 is 2.21 bits per heavy atom. The molecule has 1 saturated heterocycles. The Hall–Kier alpha value is -2.57. The normalized spacial score (nSPS) is 15.5. The third-order valence-electron chi connectivity index (χ3n) is 6.85. The van der Waals surface area contributed by atoms with Crippen molar-refractivity contribution >= 4 is 23.5 Å². The van der Waals surface area contributed by atoms with Crippen LogP contribution in [0.4, 0.5) is 10.5 Å². The molecule has 1 aromatic carbocycles. The van der Waals surface area contributed by atoms with E-state index in [1.807, 2.05) is 49.9 Å². The van der Waals surface area contributed by atoms with Gasteiger partial charge in [-0.1, -0.05) is 78.0 Å². The number of benzene rings is 1. The fraction of sp³-hybridized carbons (Fsp3) is 0.667. The van der Waals surface area contributed by atoms with Crippen molar-refractivity contribution in [1.82, 2.24) is 15.1 Å². The van der Waals surface area contributed by atoms with Crippen LogP contribution in [0.5, 0.6) is 0 Å². The van der Waals surface area contributed by atoms with Crippen molar-refractivity contribution in [3.63, 3.8) is 0 Å². The minimum atomic E-state index is -0.598. The topological polar surface area (TPSA) is 81.8 Å². The number of para-hydroxylation sites is 1. The third-order valence-corrected chi connectivity index (χ3v) is 6.85. The maximum atomic E-state index is 13.3. The lowest BCUT2D eigenvalue weighted by Crippen LogP contribution is -2.57. The van der Waals surface area contributed by atoms with Gasteiger partial charge in [-0.05, 0) is 30.4 Å². The number of carbonyl (C=O) groups is 3. The number of amides is 4.